The molecule has 1 aromatic heterocycles. The minimum atomic E-state index is -0.482. The predicted molar refractivity (Wildman–Crippen MR) is 53.7 cm³/mol. The molecule has 2 heteroatoms. The molecule has 0 radical (unpaired) electrons. The molecule has 1 aliphatic carbocycles. The summed E-state index contributed by atoms with van der Waals surface area (Å²) in [6.07, 6.45) is 3.04. The van der Waals surface area contributed by atoms with Gasteiger partial charge in [-0.25, -0.2) is 0 Å². The molecule has 1 atom stereocenters. The number of aliphatic hydroxyl groups excluding tert-OH is 1. The zero-order valence-electron chi connectivity index (χ0n) is 7.51. The van der Waals surface area contributed by atoms with E-state index in [1.165, 1.54) is 0 Å². The lowest BCUT2D eigenvalue weighted by Gasteiger charge is -2.03. The van der Waals surface area contributed by atoms with Gasteiger partial charge in [0.15, 0.2) is 0 Å². The summed E-state index contributed by atoms with van der Waals surface area (Å²) in [5, 5.41) is 10.0. The van der Waals surface area contributed by atoms with Gasteiger partial charge in [0.05, 0.1) is 0 Å². The topological polar surface area (TPSA) is 33.1 Å². The summed E-state index contributed by atoms with van der Waals surface area (Å²) in [4.78, 5) is 4.08. The standard InChI is InChI=1S/C12H9NO/c14-12-9-4-2-1-3-8(9)11-7-13-6-5-10(11)12/h1-7,12,14H. The van der Waals surface area contributed by atoms with E-state index in [4.69, 9.17) is 0 Å². The minimum Gasteiger partial charge on any atom is -0.384 e. The van der Waals surface area contributed by atoms with E-state index >= 15 is 0 Å². The highest BCUT2D eigenvalue weighted by atomic mass is 16.3. The number of nitrogens with zero attached hydrogens (tertiary/aromatic N) is 1. The number of aromatic nitrogens is 1. The van der Waals surface area contributed by atoms with E-state index in [-0.39, 0.29) is 0 Å². The Morgan fingerprint density at radius 3 is 2.71 bits per heavy atom. The molecule has 0 saturated heterocycles. The molecular formula is C12H9NO. The van der Waals surface area contributed by atoms with Crippen molar-refractivity contribution in [3.8, 4) is 11.1 Å². The van der Waals surface area contributed by atoms with Crippen molar-refractivity contribution in [3.05, 3.63) is 53.9 Å². The summed E-state index contributed by atoms with van der Waals surface area (Å²) in [5.74, 6) is 0. The van der Waals surface area contributed by atoms with Crippen LogP contribution in [0.4, 0.5) is 0 Å². The van der Waals surface area contributed by atoms with Crippen LogP contribution in [0.15, 0.2) is 42.7 Å². The molecule has 0 spiro atoms. The molecule has 3 rings (SSSR count). The van der Waals surface area contributed by atoms with Gasteiger partial charge < -0.3 is 5.11 Å². The minimum absolute atomic E-state index is 0.482. The van der Waals surface area contributed by atoms with Gasteiger partial charge in [-0.15, -0.1) is 0 Å². The molecule has 2 nitrogen and oxygen atoms in total. The smallest absolute Gasteiger partial charge is 0.105 e. The van der Waals surface area contributed by atoms with Crippen molar-refractivity contribution in [2.75, 3.05) is 0 Å². The zero-order chi connectivity index (χ0) is 9.54. The fourth-order valence-electron chi connectivity index (χ4n) is 2.02. The second-order valence-corrected chi connectivity index (χ2v) is 3.45. The van der Waals surface area contributed by atoms with Gasteiger partial charge in [-0.2, -0.15) is 0 Å². The van der Waals surface area contributed by atoms with E-state index in [0.29, 0.717) is 0 Å². The number of hydrogen-bond acceptors (Lipinski definition) is 2. The largest absolute Gasteiger partial charge is 0.384 e. The van der Waals surface area contributed by atoms with Gasteiger partial charge in [0.1, 0.15) is 6.10 Å². The van der Waals surface area contributed by atoms with Crippen LogP contribution in [-0.2, 0) is 0 Å². The Hall–Kier alpha value is -1.67. The highest BCUT2D eigenvalue weighted by Crippen LogP contribution is 2.42. The van der Waals surface area contributed by atoms with Gasteiger partial charge in [0.2, 0.25) is 0 Å². The third-order valence-corrected chi connectivity index (χ3v) is 2.69. The quantitative estimate of drug-likeness (QED) is 0.678. The highest BCUT2D eigenvalue weighted by molar-refractivity contribution is 5.77. The van der Waals surface area contributed by atoms with Crippen LogP contribution in [0.2, 0.25) is 0 Å². The average molecular weight is 183 g/mol. The van der Waals surface area contributed by atoms with Gasteiger partial charge in [0, 0.05) is 18.0 Å². The van der Waals surface area contributed by atoms with Crippen LogP contribution in [-0.4, -0.2) is 10.1 Å². The number of pyridine rings is 1. The molecule has 0 aliphatic heterocycles. The summed E-state index contributed by atoms with van der Waals surface area (Å²) in [6, 6.07) is 9.78. The molecule has 0 saturated carbocycles. The number of benzene rings is 1. The maximum absolute atomic E-state index is 10.0. The van der Waals surface area contributed by atoms with E-state index in [9.17, 15) is 5.11 Å². The second-order valence-electron chi connectivity index (χ2n) is 3.45. The first-order chi connectivity index (χ1) is 6.88. The van der Waals surface area contributed by atoms with Gasteiger partial charge in [0.25, 0.3) is 0 Å². The van der Waals surface area contributed by atoms with Crippen LogP contribution in [0.25, 0.3) is 11.1 Å². The Balaban J connectivity index is 2.36. The van der Waals surface area contributed by atoms with Crippen molar-refractivity contribution in [2.24, 2.45) is 0 Å². The first-order valence-corrected chi connectivity index (χ1v) is 4.59. The fraction of sp³-hybridized carbons (Fsp3) is 0.0833. The average Bonchev–Trinajstić information content (AvgIpc) is 2.55. The summed E-state index contributed by atoms with van der Waals surface area (Å²) >= 11 is 0. The number of rotatable bonds is 0. The number of aliphatic hydroxyl groups is 1. The van der Waals surface area contributed by atoms with Crippen molar-refractivity contribution in [1.82, 2.24) is 4.98 Å². The first kappa shape index (κ1) is 7.71. The van der Waals surface area contributed by atoms with Crippen LogP contribution in [0.5, 0.6) is 0 Å². The second kappa shape index (κ2) is 2.66. The Labute approximate surface area is 81.9 Å². The maximum Gasteiger partial charge on any atom is 0.105 e. The maximum atomic E-state index is 10.0. The highest BCUT2D eigenvalue weighted by Gasteiger charge is 2.25. The van der Waals surface area contributed by atoms with E-state index in [0.717, 1.165) is 22.3 Å². The Morgan fingerprint density at radius 2 is 1.79 bits per heavy atom. The Bertz CT molecular complexity index is 448. The normalized spacial score (nSPS) is 17.6. The molecule has 0 amide bonds. The van der Waals surface area contributed by atoms with E-state index in [2.05, 4.69) is 4.98 Å². The third-order valence-electron chi connectivity index (χ3n) is 2.69. The molecule has 0 bridgehead atoms. The lowest BCUT2D eigenvalue weighted by molar-refractivity contribution is 0.225. The molecule has 1 unspecified atom stereocenters. The number of fused-ring (bicyclic) bond motifs is 3. The fourth-order valence-corrected chi connectivity index (χ4v) is 2.02. The summed E-state index contributed by atoms with van der Waals surface area (Å²) in [5.41, 5.74) is 4.09. The van der Waals surface area contributed by atoms with E-state index in [1.807, 2.05) is 36.5 Å². The number of hydrogen-bond donors (Lipinski definition) is 1. The van der Waals surface area contributed by atoms with Gasteiger partial charge in [-0.1, -0.05) is 24.3 Å². The van der Waals surface area contributed by atoms with E-state index < -0.39 is 6.10 Å². The van der Waals surface area contributed by atoms with Crippen molar-refractivity contribution in [3.63, 3.8) is 0 Å². The van der Waals surface area contributed by atoms with Crippen molar-refractivity contribution in [2.45, 2.75) is 6.10 Å². The van der Waals surface area contributed by atoms with Gasteiger partial charge in [-0.3, -0.25) is 4.98 Å². The van der Waals surface area contributed by atoms with Crippen molar-refractivity contribution < 1.29 is 5.11 Å². The lowest BCUT2D eigenvalue weighted by atomic mass is 10.1. The van der Waals surface area contributed by atoms with Crippen LogP contribution >= 0.6 is 0 Å². The predicted octanol–water partition coefficient (Wildman–Crippen LogP) is 2.14. The Kier molecular flexibility index (Phi) is 1.46. The zero-order valence-corrected chi connectivity index (χ0v) is 7.51. The molecule has 1 aliphatic rings. The first-order valence-electron chi connectivity index (χ1n) is 4.59. The molecular weight excluding hydrogens is 174 g/mol. The molecule has 2 aromatic rings. The van der Waals surface area contributed by atoms with E-state index in [1.54, 1.807) is 6.20 Å². The third kappa shape index (κ3) is 0.860. The monoisotopic (exact) mass is 183 g/mol. The van der Waals surface area contributed by atoms with Crippen LogP contribution in [0, 0.1) is 0 Å². The van der Waals surface area contributed by atoms with Crippen LogP contribution in [0.1, 0.15) is 17.2 Å². The van der Waals surface area contributed by atoms with Crippen LogP contribution in [0.3, 0.4) is 0 Å². The Morgan fingerprint density at radius 1 is 1.00 bits per heavy atom. The lowest BCUT2D eigenvalue weighted by Crippen LogP contribution is -1.92. The molecule has 0 fully saturated rings. The molecule has 1 heterocycles. The van der Waals surface area contributed by atoms with Crippen molar-refractivity contribution in [1.29, 1.82) is 0 Å². The van der Waals surface area contributed by atoms with Crippen LogP contribution < -0.4 is 0 Å². The SMILES string of the molecule is OC1c2ccccc2-c2cnccc21. The molecule has 14 heavy (non-hydrogen) atoms. The summed E-state index contributed by atoms with van der Waals surface area (Å²) in [7, 11) is 0. The van der Waals surface area contributed by atoms with Crippen molar-refractivity contribution >= 4 is 0 Å². The summed E-state index contributed by atoms with van der Waals surface area (Å²) < 4.78 is 0. The molecule has 1 aromatic carbocycles. The van der Waals surface area contributed by atoms with Gasteiger partial charge in [-0.05, 0) is 22.8 Å². The summed E-state index contributed by atoms with van der Waals surface area (Å²) in [6.45, 7) is 0. The molecule has 1 N–H and O–H groups in total. The van der Waals surface area contributed by atoms with Gasteiger partial charge >= 0.3 is 0 Å². The molecule has 68 valence electrons.